The van der Waals surface area contributed by atoms with E-state index in [4.69, 9.17) is 5.26 Å². The second kappa shape index (κ2) is 6.56. The molecule has 1 aromatic rings. The Hall–Kier alpha value is -2.42. The van der Waals surface area contributed by atoms with E-state index in [9.17, 15) is 14.0 Å². The number of urea groups is 1. The Labute approximate surface area is 128 Å². The Morgan fingerprint density at radius 3 is 2.59 bits per heavy atom. The molecule has 1 fully saturated rings. The van der Waals surface area contributed by atoms with Crippen molar-refractivity contribution in [2.24, 2.45) is 0 Å². The highest BCUT2D eigenvalue weighted by Gasteiger charge is 2.51. The van der Waals surface area contributed by atoms with Crippen molar-refractivity contribution in [3.63, 3.8) is 0 Å². The van der Waals surface area contributed by atoms with Crippen LogP contribution in [0.15, 0.2) is 24.3 Å². The fourth-order valence-corrected chi connectivity index (χ4v) is 2.68. The van der Waals surface area contributed by atoms with E-state index in [2.05, 4.69) is 5.32 Å². The molecule has 0 bridgehead atoms. The van der Waals surface area contributed by atoms with Gasteiger partial charge in [0.15, 0.2) is 0 Å². The molecular formula is C16H18FN3O2. The van der Waals surface area contributed by atoms with Crippen molar-refractivity contribution in [1.29, 1.82) is 5.26 Å². The molecule has 0 radical (unpaired) electrons. The third-order valence-corrected chi connectivity index (χ3v) is 3.87. The van der Waals surface area contributed by atoms with Crippen molar-refractivity contribution in [2.45, 2.75) is 38.1 Å². The van der Waals surface area contributed by atoms with Gasteiger partial charge >= 0.3 is 6.03 Å². The summed E-state index contributed by atoms with van der Waals surface area (Å²) in [6.07, 6.45) is 2.15. The molecule has 1 heterocycles. The van der Waals surface area contributed by atoms with Gasteiger partial charge in [-0.25, -0.2) is 9.18 Å². The lowest BCUT2D eigenvalue weighted by Crippen LogP contribution is -2.44. The molecule has 0 saturated carbocycles. The van der Waals surface area contributed by atoms with Crippen LogP contribution in [-0.2, 0) is 10.3 Å². The van der Waals surface area contributed by atoms with Gasteiger partial charge in [-0.2, -0.15) is 5.26 Å². The molecule has 6 heteroatoms. The molecule has 0 aromatic heterocycles. The quantitative estimate of drug-likeness (QED) is 0.821. The van der Waals surface area contributed by atoms with E-state index in [1.807, 2.05) is 13.0 Å². The minimum Gasteiger partial charge on any atom is -0.319 e. The summed E-state index contributed by atoms with van der Waals surface area (Å²) in [6, 6.07) is 7.04. The van der Waals surface area contributed by atoms with Gasteiger partial charge in [-0.3, -0.25) is 9.69 Å². The van der Waals surface area contributed by atoms with Gasteiger partial charge in [-0.05, 0) is 24.1 Å². The number of benzene rings is 1. The van der Waals surface area contributed by atoms with Crippen molar-refractivity contribution in [3.05, 3.63) is 35.6 Å². The summed E-state index contributed by atoms with van der Waals surface area (Å²) in [7, 11) is 0. The van der Waals surface area contributed by atoms with Crippen LogP contribution >= 0.6 is 0 Å². The molecule has 1 aliphatic rings. The molecule has 2 rings (SSSR count). The molecule has 1 aromatic carbocycles. The highest BCUT2D eigenvalue weighted by atomic mass is 19.1. The van der Waals surface area contributed by atoms with E-state index >= 15 is 0 Å². The Bertz CT molecular complexity index is 609. The molecular weight excluding hydrogens is 285 g/mol. The maximum atomic E-state index is 13.1. The van der Waals surface area contributed by atoms with Gasteiger partial charge in [0.05, 0.1) is 12.5 Å². The first-order valence-corrected chi connectivity index (χ1v) is 7.32. The summed E-state index contributed by atoms with van der Waals surface area (Å²) in [5.74, 6) is -0.764. The highest BCUT2D eigenvalue weighted by Crippen LogP contribution is 2.34. The first kappa shape index (κ1) is 16.0. The third kappa shape index (κ3) is 2.80. The van der Waals surface area contributed by atoms with Crippen LogP contribution in [0.1, 0.15) is 38.2 Å². The van der Waals surface area contributed by atoms with E-state index in [1.54, 1.807) is 0 Å². The average molecular weight is 303 g/mol. The summed E-state index contributed by atoms with van der Waals surface area (Å²) in [5, 5.41) is 11.4. The minimum absolute atomic E-state index is 0.0657. The number of carbonyl (C=O) groups is 2. The molecule has 22 heavy (non-hydrogen) atoms. The summed E-state index contributed by atoms with van der Waals surface area (Å²) >= 11 is 0. The van der Waals surface area contributed by atoms with E-state index in [1.165, 1.54) is 24.3 Å². The van der Waals surface area contributed by atoms with E-state index in [0.717, 1.165) is 17.7 Å². The van der Waals surface area contributed by atoms with Crippen molar-refractivity contribution in [3.8, 4) is 6.07 Å². The minimum atomic E-state index is -1.16. The van der Waals surface area contributed by atoms with E-state index in [0.29, 0.717) is 12.0 Å². The predicted octanol–water partition coefficient (Wildman–Crippen LogP) is 2.68. The maximum Gasteiger partial charge on any atom is 0.325 e. The van der Waals surface area contributed by atoms with E-state index < -0.39 is 17.4 Å². The SMILES string of the molecule is CCCC[C@@]1(c2ccc(F)cc2)NC(=O)N(CCC#N)C1=O. The molecule has 1 aliphatic heterocycles. The molecule has 0 unspecified atom stereocenters. The fraction of sp³-hybridized carbons (Fsp3) is 0.438. The van der Waals surface area contributed by atoms with Crippen LogP contribution in [0.4, 0.5) is 9.18 Å². The molecule has 0 aliphatic carbocycles. The van der Waals surface area contributed by atoms with Crippen molar-refractivity contribution < 1.29 is 14.0 Å². The van der Waals surface area contributed by atoms with Gasteiger partial charge < -0.3 is 5.32 Å². The standard InChI is InChI=1S/C16H18FN3O2/c1-2-3-9-16(12-5-7-13(17)8-6-12)14(21)20(11-4-10-18)15(22)19-16/h5-8H,2-4,9,11H2,1H3,(H,19,22)/t16-/m0/s1. The number of hydrogen-bond acceptors (Lipinski definition) is 3. The second-order valence-electron chi connectivity index (χ2n) is 5.31. The van der Waals surface area contributed by atoms with Gasteiger partial charge in [0.25, 0.3) is 5.91 Å². The number of rotatable bonds is 6. The van der Waals surface area contributed by atoms with Crippen LogP contribution in [0, 0.1) is 17.1 Å². The van der Waals surface area contributed by atoms with Gasteiger partial charge in [0.1, 0.15) is 11.4 Å². The van der Waals surface area contributed by atoms with Gasteiger partial charge in [-0.15, -0.1) is 0 Å². The van der Waals surface area contributed by atoms with Crippen LogP contribution in [0.5, 0.6) is 0 Å². The summed E-state index contributed by atoms with van der Waals surface area (Å²) in [6.45, 7) is 2.06. The zero-order valence-electron chi connectivity index (χ0n) is 12.4. The van der Waals surface area contributed by atoms with Crippen LogP contribution in [0.25, 0.3) is 0 Å². The monoisotopic (exact) mass is 303 g/mol. The van der Waals surface area contributed by atoms with Crippen LogP contribution in [0.3, 0.4) is 0 Å². The van der Waals surface area contributed by atoms with Crippen molar-refractivity contribution in [1.82, 2.24) is 10.2 Å². The summed E-state index contributed by atoms with van der Waals surface area (Å²) in [5.41, 5.74) is -0.587. The van der Waals surface area contributed by atoms with Crippen molar-refractivity contribution in [2.75, 3.05) is 6.54 Å². The first-order valence-electron chi connectivity index (χ1n) is 7.32. The van der Waals surface area contributed by atoms with E-state index in [-0.39, 0.29) is 18.9 Å². The molecule has 116 valence electrons. The molecule has 3 amide bonds. The second-order valence-corrected chi connectivity index (χ2v) is 5.31. The number of imide groups is 1. The predicted molar refractivity (Wildman–Crippen MR) is 78.1 cm³/mol. The maximum absolute atomic E-state index is 13.1. The topological polar surface area (TPSA) is 73.2 Å². The molecule has 1 atom stereocenters. The van der Waals surface area contributed by atoms with Crippen molar-refractivity contribution >= 4 is 11.9 Å². The number of nitrogens with zero attached hydrogens (tertiary/aromatic N) is 2. The average Bonchev–Trinajstić information content (AvgIpc) is 2.75. The molecule has 5 nitrogen and oxygen atoms in total. The number of carbonyl (C=O) groups excluding carboxylic acids is 2. The largest absolute Gasteiger partial charge is 0.325 e. The number of nitrogens with one attached hydrogen (secondary N) is 1. The number of hydrogen-bond donors (Lipinski definition) is 1. The lowest BCUT2D eigenvalue weighted by atomic mass is 9.85. The Balaban J connectivity index is 2.38. The summed E-state index contributed by atoms with van der Waals surface area (Å²) in [4.78, 5) is 26.0. The Morgan fingerprint density at radius 1 is 1.32 bits per heavy atom. The van der Waals surface area contributed by atoms with Crippen LogP contribution in [-0.4, -0.2) is 23.4 Å². The Kier molecular flexibility index (Phi) is 4.76. The lowest BCUT2D eigenvalue weighted by molar-refractivity contribution is -0.131. The number of halogens is 1. The first-order chi connectivity index (χ1) is 10.5. The van der Waals surface area contributed by atoms with Gasteiger partial charge in [-0.1, -0.05) is 31.9 Å². The molecule has 0 spiro atoms. The third-order valence-electron chi connectivity index (χ3n) is 3.87. The van der Waals surface area contributed by atoms with Gasteiger partial charge in [0.2, 0.25) is 0 Å². The molecule has 1 saturated heterocycles. The zero-order chi connectivity index (χ0) is 16.2. The number of nitriles is 1. The fourth-order valence-electron chi connectivity index (χ4n) is 2.68. The number of amides is 3. The zero-order valence-corrected chi connectivity index (χ0v) is 12.4. The van der Waals surface area contributed by atoms with Crippen LogP contribution in [0.2, 0.25) is 0 Å². The lowest BCUT2D eigenvalue weighted by Gasteiger charge is -2.27. The smallest absolute Gasteiger partial charge is 0.319 e. The molecule has 1 N–H and O–H groups in total. The normalized spacial score (nSPS) is 20.9. The Morgan fingerprint density at radius 2 is 2.00 bits per heavy atom. The summed E-state index contributed by atoms with van der Waals surface area (Å²) < 4.78 is 13.1. The van der Waals surface area contributed by atoms with Gasteiger partial charge in [0, 0.05) is 6.54 Å². The number of unbranched alkanes of at least 4 members (excludes halogenated alkanes) is 1. The van der Waals surface area contributed by atoms with Crippen LogP contribution < -0.4 is 5.32 Å². The highest BCUT2D eigenvalue weighted by molar-refractivity contribution is 6.07.